The highest BCUT2D eigenvalue weighted by atomic mass is 16.5. The van der Waals surface area contributed by atoms with Gasteiger partial charge in [-0.2, -0.15) is 0 Å². The van der Waals surface area contributed by atoms with Crippen molar-refractivity contribution < 1.29 is 14.3 Å². The lowest BCUT2D eigenvalue weighted by Gasteiger charge is -2.36. The van der Waals surface area contributed by atoms with E-state index in [1.807, 2.05) is 36.1 Å². The van der Waals surface area contributed by atoms with E-state index in [0.29, 0.717) is 26.2 Å². The number of methoxy groups -OCH3 is 1. The van der Waals surface area contributed by atoms with Crippen molar-refractivity contribution in [2.24, 2.45) is 0 Å². The zero-order chi connectivity index (χ0) is 18.4. The van der Waals surface area contributed by atoms with Crippen molar-refractivity contribution >= 4 is 5.91 Å². The second-order valence-corrected chi connectivity index (χ2v) is 6.47. The maximum atomic E-state index is 12.9. The van der Waals surface area contributed by atoms with Gasteiger partial charge in [-0.15, -0.1) is 0 Å². The molecule has 0 N–H and O–H groups in total. The molecule has 6 nitrogen and oxygen atoms in total. The van der Waals surface area contributed by atoms with Crippen LogP contribution in [0.3, 0.4) is 0 Å². The summed E-state index contributed by atoms with van der Waals surface area (Å²) < 4.78 is 10.9. The molecule has 0 radical (unpaired) electrons. The molecule has 1 aromatic carbocycles. The van der Waals surface area contributed by atoms with Crippen LogP contribution in [0.1, 0.15) is 23.4 Å². The van der Waals surface area contributed by atoms with Crippen molar-refractivity contribution in [2.75, 3.05) is 26.9 Å². The highest BCUT2D eigenvalue weighted by Crippen LogP contribution is 2.18. The number of carbonyl (C=O) groups is 1. The summed E-state index contributed by atoms with van der Waals surface area (Å²) in [6.07, 6.45) is 5.40. The summed E-state index contributed by atoms with van der Waals surface area (Å²) in [6, 6.07) is 7.74. The molecular weight excluding hydrogens is 330 g/mol. The topological polar surface area (TPSA) is 64.5 Å². The summed E-state index contributed by atoms with van der Waals surface area (Å²) in [6.45, 7) is 3.76. The molecule has 2 aromatic rings. The Morgan fingerprint density at radius 3 is 3.00 bits per heavy atom. The summed E-state index contributed by atoms with van der Waals surface area (Å²) in [5.74, 6) is 0.898. The standard InChI is InChI=1S/C20H25N3O3/c1-15-19(22-9-8-21-15)7-6-17-14-26-11-10-23(17)20(24)13-16-4-3-5-18(12-16)25-2/h3-5,8-9,12,17H,6-7,10-11,13-14H2,1-2H3. The lowest BCUT2D eigenvalue weighted by atomic mass is 10.0. The number of carbonyl (C=O) groups excluding carboxylic acids is 1. The summed E-state index contributed by atoms with van der Waals surface area (Å²) in [5, 5.41) is 0. The van der Waals surface area contributed by atoms with Gasteiger partial charge in [-0.3, -0.25) is 14.8 Å². The smallest absolute Gasteiger partial charge is 0.227 e. The van der Waals surface area contributed by atoms with Crippen LogP contribution in [0, 0.1) is 6.92 Å². The Bertz CT molecular complexity index is 751. The minimum atomic E-state index is 0.0725. The van der Waals surface area contributed by atoms with Crippen molar-refractivity contribution in [1.29, 1.82) is 0 Å². The van der Waals surface area contributed by atoms with Gasteiger partial charge < -0.3 is 14.4 Å². The first-order chi connectivity index (χ1) is 12.7. The quantitative estimate of drug-likeness (QED) is 0.795. The van der Waals surface area contributed by atoms with Gasteiger partial charge in [0.1, 0.15) is 5.75 Å². The Labute approximate surface area is 154 Å². The fourth-order valence-electron chi connectivity index (χ4n) is 3.27. The molecule has 1 aliphatic rings. The number of aromatic nitrogens is 2. The van der Waals surface area contributed by atoms with Gasteiger partial charge in [0.25, 0.3) is 0 Å². The molecule has 1 saturated heterocycles. The van der Waals surface area contributed by atoms with Crippen LogP contribution in [0.15, 0.2) is 36.7 Å². The van der Waals surface area contributed by atoms with Crippen LogP contribution in [0.5, 0.6) is 5.75 Å². The molecule has 2 heterocycles. The van der Waals surface area contributed by atoms with Gasteiger partial charge in [0, 0.05) is 18.9 Å². The molecule has 1 atom stereocenters. The number of nitrogens with zero attached hydrogens (tertiary/aromatic N) is 3. The Balaban J connectivity index is 1.64. The molecule has 3 rings (SSSR count). The van der Waals surface area contributed by atoms with E-state index in [4.69, 9.17) is 9.47 Å². The van der Waals surface area contributed by atoms with Crippen LogP contribution in [0.4, 0.5) is 0 Å². The monoisotopic (exact) mass is 355 g/mol. The normalized spacial score (nSPS) is 17.2. The van der Waals surface area contributed by atoms with Crippen LogP contribution in [-0.4, -0.2) is 53.7 Å². The van der Waals surface area contributed by atoms with E-state index in [-0.39, 0.29) is 11.9 Å². The van der Waals surface area contributed by atoms with Gasteiger partial charge in [0.05, 0.1) is 44.2 Å². The predicted octanol–water partition coefficient (Wildman–Crippen LogP) is 2.20. The number of amides is 1. The first-order valence-corrected chi connectivity index (χ1v) is 8.94. The van der Waals surface area contributed by atoms with Crippen molar-refractivity contribution in [3.8, 4) is 5.75 Å². The van der Waals surface area contributed by atoms with Crippen LogP contribution in [0.25, 0.3) is 0 Å². The molecule has 1 fully saturated rings. The van der Waals surface area contributed by atoms with Gasteiger partial charge in [0.2, 0.25) is 5.91 Å². The lowest BCUT2D eigenvalue weighted by molar-refractivity contribution is -0.139. The third kappa shape index (κ3) is 4.58. The number of benzene rings is 1. The Morgan fingerprint density at radius 2 is 2.19 bits per heavy atom. The minimum Gasteiger partial charge on any atom is -0.497 e. The highest BCUT2D eigenvalue weighted by molar-refractivity contribution is 5.79. The van der Waals surface area contributed by atoms with Gasteiger partial charge in [-0.1, -0.05) is 12.1 Å². The van der Waals surface area contributed by atoms with Crippen LogP contribution >= 0.6 is 0 Å². The zero-order valence-electron chi connectivity index (χ0n) is 15.4. The van der Waals surface area contributed by atoms with Crippen molar-refractivity contribution in [1.82, 2.24) is 14.9 Å². The van der Waals surface area contributed by atoms with Crippen LogP contribution < -0.4 is 4.74 Å². The van der Waals surface area contributed by atoms with E-state index in [0.717, 1.165) is 35.5 Å². The average Bonchev–Trinajstić information content (AvgIpc) is 2.67. The molecule has 1 unspecified atom stereocenters. The molecule has 138 valence electrons. The van der Waals surface area contributed by atoms with E-state index in [9.17, 15) is 4.79 Å². The first kappa shape index (κ1) is 18.3. The summed E-state index contributed by atoms with van der Waals surface area (Å²) in [7, 11) is 1.63. The molecule has 1 aromatic heterocycles. The van der Waals surface area contributed by atoms with E-state index < -0.39 is 0 Å². The van der Waals surface area contributed by atoms with Gasteiger partial charge in [0.15, 0.2) is 0 Å². The fraction of sp³-hybridized carbons (Fsp3) is 0.450. The summed E-state index contributed by atoms with van der Waals surface area (Å²) in [5.41, 5.74) is 2.89. The summed E-state index contributed by atoms with van der Waals surface area (Å²) in [4.78, 5) is 23.5. The Hall–Kier alpha value is -2.47. The highest BCUT2D eigenvalue weighted by Gasteiger charge is 2.27. The Kier molecular flexibility index (Phi) is 6.17. The third-order valence-electron chi connectivity index (χ3n) is 4.73. The number of rotatable bonds is 6. The average molecular weight is 355 g/mol. The molecule has 26 heavy (non-hydrogen) atoms. The number of aryl methyl sites for hydroxylation is 2. The van der Waals surface area contributed by atoms with E-state index in [1.54, 1.807) is 19.5 Å². The van der Waals surface area contributed by atoms with Crippen molar-refractivity contribution in [3.63, 3.8) is 0 Å². The van der Waals surface area contributed by atoms with Crippen molar-refractivity contribution in [3.05, 3.63) is 53.6 Å². The van der Waals surface area contributed by atoms with Crippen LogP contribution in [0.2, 0.25) is 0 Å². The second kappa shape index (κ2) is 8.76. The molecule has 0 saturated carbocycles. The SMILES string of the molecule is COc1cccc(CC(=O)N2CCOCC2CCc2nccnc2C)c1. The third-order valence-corrected chi connectivity index (χ3v) is 4.73. The second-order valence-electron chi connectivity index (χ2n) is 6.47. The van der Waals surface area contributed by atoms with E-state index in [1.165, 1.54) is 0 Å². The number of ether oxygens (including phenoxy) is 2. The molecule has 6 heteroatoms. The maximum Gasteiger partial charge on any atom is 0.227 e. The van der Waals surface area contributed by atoms with Gasteiger partial charge in [-0.25, -0.2) is 0 Å². The zero-order valence-corrected chi connectivity index (χ0v) is 15.4. The first-order valence-electron chi connectivity index (χ1n) is 8.94. The van der Waals surface area contributed by atoms with Crippen LogP contribution in [-0.2, 0) is 22.4 Å². The molecule has 0 bridgehead atoms. The maximum absolute atomic E-state index is 12.9. The van der Waals surface area contributed by atoms with E-state index in [2.05, 4.69) is 9.97 Å². The number of hydrogen-bond acceptors (Lipinski definition) is 5. The fourth-order valence-corrected chi connectivity index (χ4v) is 3.27. The molecule has 0 spiro atoms. The summed E-state index contributed by atoms with van der Waals surface area (Å²) >= 11 is 0. The minimum absolute atomic E-state index is 0.0725. The molecular formula is C20H25N3O3. The predicted molar refractivity (Wildman–Crippen MR) is 98.1 cm³/mol. The largest absolute Gasteiger partial charge is 0.497 e. The molecule has 0 aliphatic carbocycles. The number of morpholine rings is 1. The van der Waals surface area contributed by atoms with Crippen molar-refractivity contribution in [2.45, 2.75) is 32.2 Å². The van der Waals surface area contributed by atoms with E-state index >= 15 is 0 Å². The van der Waals surface area contributed by atoms with Gasteiger partial charge in [-0.05, 0) is 37.5 Å². The number of hydrogen-bond donors (Lipinski definition) is 0. The molecule has 1 aliphatic heterocycles. The molecule has 1 amide bonds. The van der Waals surface area contributed by atoms with Gasteiger partial charge >= 0.3 is 0 Å². The Morgan fingerprint density at radius 1 is 1.35 bits per heavy atom. The lowest BCUT2D eigenvalue weighted by Crippen LogP contribution is -2.49.